The lowest BCUT2D eigenvalue weighted by molar-refractivity contribution is -0.134. The molecule has 2 aliphatic heterocycles. The first-order valence-electron chi connectivity index (χ1n) is 11.0. The van der Waals surface area contributed by atoms with Gasteiger partial charge < -0.3 is 15.5 Å². The van der Waals surface area contributed by atoms with Crippen molar-refractivity contribution in [3.63, 3.8) is 0 Å². The molecule has 0 spiro atoms. The summed E-state index contributed by atoms with van der Waals surface area (Å²) in [5.74, 6) is 0.548. The van der Waals surface area contributed by atoms with E-state index in [2.05, 4.69) is 6.07 Å². The number of hydrogen-bond acceptors (Lipinski definition) is 3. The molecule has 2 saturated heterocycles. The van der Waals surface area contributed by atoms with E-state index in [4.69, 9.17) is 5.73 Å². The SMILES string of the molecule is Cl.N[C@@H]1CCN(C(=O)C2CC3CCCCC3N2C(=O)c2ccc3ccccc3c2)C1. The fraction of sp³-hybridized carbons (Fsp3) is 0.500. The molecule has 0 aromatic heterocycles. The van der Waals surface area contributed by atoms with Crippen molar-refractivity contribution in [1.82, 2.24) is 9.80 Å². The van der Waals surface area contributed by atoms with Gasteiger partial charge in [-0.25, -0.2) is 0 Å². The Hall–Kier alpha value is -2.11. The molecule has 2 heterocycles. The Bertz CT molecular complexity index is 949. The van der Waals surface area contributed by atoms with Crippen LogP contribution in [0.1, 0.15) is 48.9 Å². The van der Waals surface area contributed by atoms with Gasteiger partial charge in [0.05, 0.1) is 0 Å². The summed E-state index contributed by atoms with van der Waals surface area (Å²) in [6.07, 6.45) is 6.12. The average molecular weight is 428 g/mol. The Kier molecular flexibility index (Phi) is 6.03. The van der Waals surface area contributed by atoms with Crippen molar-refractivity contribution < 1.29 is 9.59 Å². The number of halogens is 1. The molecule has 0 bridgehead atoms. The molecular formula is C24H30ClN3O2. The summed E-state index contributed by atoms with van der Waals surface area (Å²) in [5.41, 5.74) is 6.73. The summed E-state index contributed by atoms with van der Waals surface area (Å²) in [6.45, 7) is 1.33. The van der Waals surface area contributed by atoms with Crippen LogP contribution in [0.3, 0.4) is 0 Å². The molecule has 2 aromatic carbocycles. The maximum atomic E-state index is 13.7. The predicted octanol–water partition coefficient (Wildman–Crippen LogP) is 3.59. The van der Waals surface area contributed by atoms with Crippen LogP contribution in [0.15, 0.2) is 42.5 Å². The number of hydrogen-bond donors (Lipinski definition) is 1. The molecule has 4 atom stereocenters. The van der Waals surface area contributed by atoms with Crippen molar-refractivity contribution in [2.45, 2.75) is 56.7 Å². The zero-order valence-corrected chi connectivity index (χ0v) is 18.0. The topological polar surface area (TPSA) is 66.6 Å². The van der Waals surface area contributed by atoms with E-state index >= 15 is 0 Å². The maximum Gasteiger partial charge on any atom is 0.254 e. The van der Waals surface area contributed by atoms with Gasteiger partial charge in [-0.1, -0.05) is 43.2 Å². The number of fused-ring (bicyclic) bond motifs is 2. The second-order valence-corrected chi connectivity index (χ2v) is 8.97. The summed E-state index contributed by atoms with van der Waals surface area (Å²) in [7, 11) is 0. The lowest BCUT2D eigenvalue weighted by atomic mass is 9.84. The first-order chi connectivity index (χ1) is 14.1. The molecule has 5 rings (SSSR count). The average Bonchev–Trinajstić information content (AvgIpc) is 3.36. The van der Waals surface area contributed by atoms with E-state index in [0.29, 0.717) is 24.6 Å². The van der Waals surface area contributed by atoms with Gasteiger partial charge in [-0.3, -0.25) is 9.59 Å². The van der Waals surface area contributed by atoms with E-state index in [0.717, 1.165) is 42.9 Å². The number of carbonyl (C=O) groups excluding carboxylic acids is 2. The van der Waals surface area contributed by atoms with E-state index in [1.54, 1.807) is 0 Å². The maximum absolute atomic E-state index is 13.7. The third-order valence-corrected chi connectivity index (χ3v) is 7.14. The van der Waals surface area contributed by atoms with E-state index in [1.807, 2.05) is 46.2 Å². The summed E-state index contributed by atoms with van der Waals surface area (Å²) < 4.78 is 0. The molecule has 2 amide bonds. The Morgan fingerprint density at radius 2 is 1.73 bits per heavy atom. The highest BCUT2D eigenvalue weighted by molar-refractivity contribution is 6.01. The van der Waals surface area contributed by atoms with Crippen LogP contribution in [0.2, 0.25) is 0 Å². The van der Waals surface area contributed by atoms with Gasteiger partial charge in [-0.2, -0.15) is 0 Å². The van der Waals surface area contributed by atoms with Gasteiger partial charge in [0.1, 0.15) is 6.04 Å². The monoisotopic (exact) mass is 427 g/mol. The summed E-state index contributed by atoms with van der Waals surface area (Å²) in [6, 6.07) is 13.9. The van der Waals surface area contributed by atoms with Gasteiger partial charge in [0.25, 0.3) is 5.91 Å². The van der Waals surface area contributed by atoms with Crippen LogP contribution in [-0.2, 0) is 4.79 Å². The minimum atomic E-state index is -0.340. The largest absolute Gasteiger partial charge is 0.339 e. The number of nitrogens with two attached hydrogens (primary N) is 1. The molecule has 6 heteroatoms. The van der Waals surface area contributed by atoms with Crippen molar-refractivity contribution >= 4 is 35.0 Å². The number of likely N-dealkylation sites (tertiary alicyclic amines) is 2. The highest BCUT2D eigenvalue weighted by atomic mass is 35.5. The Labute approximate surface area is 184 Å². The lowest BCUT2D eigenvalue weighted by Gasteiger charge is -2.34. The smallest absolute Gasteiger partial charge is 0.254 e. The van der Waals surface area contributed by atoms with Crippen LogP contribution in [0.4, 0.5) is 0 Å². The molecule has 160 valence electrons. The second-order valence-electron chi connectivity index (χ2n) is 8.97. The van der Waals surface area contributed by atoms with Crippen LogP contribution < -0.4 is 5.73 Å². The zero-order valence-electron chi connectivity index (χ0n) is 17.2. The van der Waals surface area contributed by atoms with E-state index in [9.17, 15) is 9.59 Å². The minimum absolute atomic E-state index is 0. The van der Waals surface area contributed by atoms with E-state index < -0.39 is 0 Å². The van der Waals surface area contributed by atoms with Crippen LogP contribution in [0.5, 0.6) is 0 Å². The number of rotatable bonds is 2. The standard InChI is InChI=1S/C24H29N3O2.ClH/c25-20-11-12-26(15-20)24(29)22-14-18-7-3-4-8-21(18)27(22)23(28)19-10-9-16-5-1-2-6-17(16)13-19;/h1-2,5-6,9-10,13,18,20-22H,3-4,7-8,11-12,14-15,25H2;1H/t18?,20-,21?,22?;/m1./s1. The van der Waals surface area contributed by atoms with Gasteiger partial charge in [-0.05, 0) is 54.5 Å². The fourth-order valence-corrected chi connectivity index (χ4v) is 5.64. The number of amides is 2. The van der Waals surface area contributed by atoms with Gasteiger partial charge in [0.2, 0.25) is 5.91 Å². The summed E-state index contributed by atoms with van der Waals surface area (Å²) >= 11 is 0. The van der Waals surface area contributed by atoms with E-state index in [-0.39, 0.29) is 42.3 Å². The van der Waals surface area contributed by atoms with Crippen molar-refractivity contribution in [3.05, 3.63) is 48.0 Å². The second kappa shape index (κ2) is 8.56. The Morgan fingerprint density at radius 1 is 0.967 bits per heavy atom. The first kappa shape index (κ1) is 21.1. The molecule has 2 N–H and O–H groups in total. The third-order valence-electron chi connectivity index (χ3n) is 7.14. The Balaban J connectivity index is 0.00000218. The lowest BCUT2D eigenvalue weighted by Crippen LogP contribution is -2.50. The van der Waals surface area contributed by atoms with Gasteiger partial charge in [0.15, 0.2) is 0 Å². The van der Waals surface area contributed by atoms with Crippen molar-refractivity contribution in [1.29, 1.82) is 0 Å². The van der Waals surface area contributed by atoms with E-state index in [1.165, 1.54) is 6.42 Å². The normalized spacial score (nSPS) is 28.3. The zero-order chi connectivity index (χ0) is 20.0. The molecule has 5 nitrogen and oxygen atoms in total. The van der Waals surface area contributed by atoms with Crippen molar-refractivity contribution in [2.24, 2.45) is 11.7 Å². The number of carbonyl (C=O) groups is 2. The van der Waals surface area contributed by atoms with Crippen LogP contribution in [-0.4, -0.2) is 52.8 Å². The minimum Gasteiger partial charge on any atom is -0.339 e. The van der Waals surface area contributed by atoms with Gasteiger partial charge in [0, 0.05) is 30.7 Å². The highest BCUT2D eigenvalue weighted by Gasteiger charge is 2.49. The van der Waals surface area contributed by atoms with Crippen LogP contribution in [0.25, 0.3) is 10.8 Å². The third kappa shape index (κ3) is 3.69. The molecule has 3 unspecified atom stereocenters. The molecule has 0 radical (unpaired) electrons. The summed E-state index contributed by atoms with van der Waals surface area (Å²) in [5, 5.41) is 2.19. The molecule has 30 heavy (non-hydrogen) atoms. The molecule has 2 aromatic rings. The van der Waals surface area contributed by atoms with Crippen LogP contribution >= 0.6 is 12.4 Å². The highest BCUT2D eigenvalue weighted by Crippen LogP contribution is 2.41. The molecule has 1 aliphatic carbocycles. The molecule has 3 aliphatic rings. The van der Waals surface area contributed by atoms with Crippen molar-refractivity contribution in [3.8, 4) is 0 Å². The molecular weight excluding hydrogens is 398 g/mol. The van der Waals surface area contributed by atoms with Crippen LogP contribution in [0, 0.1) is 5.92 Å². The Morgan fingerprint density at radius 3 is 2.50 bits per heavy atom. The fourth-order valence-electron chi connectivity index (χ4n) is 5.64. The molecule has 3 fully saturated rings. The number of nitrogens with zero attached hydrogens (tertiary/aromatic N) is 2. The molecule has 1 saturated carbocycles. The van der Waals surface area contributed by atoms with Gasteiger partial charge in [-0.15, -0.1) is 12.4 Å². The van der Waals surface area contributed by atoms with Gasteiger partial charge >= 0.3 is 0 Å². The first-order valence-corrected chi connectivity index (χ1v) is 11.0. The predicted molar refractivity (Wildman–Crippen MR) is 121 cm³/mol. The van der Waals surface area contributed by atoms with Crippen molar-refractivity contribution in [2.75, 3.05) is 13.1 Å². The summed E-state index contributed by atoms with van der Waals surface area (Å²) in [4.78, 5) is 30.9. The quantitative estimate of drug-likeness (QED) is 0.796. The number of benzene rings is 2.